The third kappa shape index (κ3) is 2.45. The van der Waals surface area contributed by atoms with Gasteiger partial charge in [0.2, 0.25) is 0 Å². The highest BCUT2D eigenvalue weighted by Gasteiger charge is 2.13. The average Bonchev–Trinajstić information content (AvgIpc) is 2.02. The molecule has 0 fully saturated rings. The van der Waals surface area contributed by atoms with Gasteiger partial charge in [-0.2, -0.15) is 0 Å². The molecule has 0 aliphatic carbocycles. The van der Waals surface area contributed by atoms with Gasteiger partial charge in [-0.05, 0) is 12.1 Å². The van der Waals surface area contributed by atoms with Crippen LogP contribution in [0.5, 0.6) is 0 Å². The number of benzene rings is 1. The van der Waals surface area contributed by atoms with Crippen LogP contribution in [0.3, 0.4) is 0 Å². The Morgan fingerprint density at radius 3 is 2.62 bits per heavy atom. The van der Waals surface area contributed by atoms with Gasteiger partial charge in [-0.1, -0.05) is 43.5 Å². The Kier molecular flexibility index (Phi) is 3.76. The molecule has 1 rings (SSSR count). The summed E-state index contributed by atoms with van der Waals surface area (Å²) in [7, 11) is 0. The van der Waals surface area contributed by atoms with Gasteiger partial charge in [0, 0.05) is 10.2 Å². The number of carbonyl (C=O) groups excluding carboxylic acids is 1. The van der Waals surface area contributed by atoms with Crippen molar-refractivity contribution in [2.24, 2.45) is 0 Å². The van der Waals surface area contributed by atoms with E-state index in [-0.39, 0.29) is 11.1 Å². The van der Waals surface area contributed by atoms with Crippen LogP contribution in [0.1, 0.15) is 10.4 Å². The van der Waals surface area contributed by atoms with Crippen LogP contribution in [0.2, 0.25) is 5.02 Å². The van der Waals surface area contributed by atoms with Crippen LogP contribution in [-0.2, 0) is 0 Å². The van der Waals surface area contributed by atoms with Gasteiger partial charge >= 0.3 is 0 Å². The lowest BCUT2D eigenvalue weighted by Gasteiger charge is -2.05. The Morgan fingerprint density at radius 1 is 1.54 bits per heavy atom. The molecule has 0 atom stereocenters. The van der Waals surface area contributed by atoms with Gasteiger partial charge in [-0.3, -0.25) is 4.79 Å². The van der Waals surface area contributed by atoms with E-state index in [1.54, 1.807) is 12.1 Å². The number of hydrogen-bond donors (Lipinski definition) is 1. The highest BCUT2D eigenvalue weighted by molar-refractivity contribution is 9.10. The highest BCUT2D eigenvalue weighted by atomic mass is 79.9. The number of nitrogen functional groups attached to an aromatic ring is 1. The van der Waals surface area contributed by atoms with Crippen LogP contribution in [0.15, 0.2) is 16.6 Å². The first-order chi connectivity index (χ1) is 6.06. The summed E-state index contributed by atoms with van der Waals surface area (Å²) in [4.78, 5) is 11.3. The smallest absolute Gasteiger partial charge is 0.176 e. The molecule has 0 bridgehead atoms. The molecule has 1 aromatic rings. The molecule has 1 aromatic carbocycles. The van der Waals surface area contributed by atoms with Crippen LogP contribution < -0.4 is 5.73 Å². The molecule has 0 aromatic heterocycles. The van der Waals surface area contributed by atoms with Crippen LogP contribution >= 0.6 is 43.5 Å². The normalized spacial score (nSPS) is 10.1. The van der Waals surface area contributed by atoms with Gasteiger partial charge < -0.3 is 5.73 Å². The second-order valence-electron chi connectivity index (χ2n) is 2.41. The standard InChI is InChI=1S/C8H6Br2ClNO/c9-3-7(13)8-5(11)1-4(10)2-6(8)12/h1-2H,3,12H2. The summed E-state index contributed by atoms with van der Waals surface area (Å²) in [6.45, 7) is 0. The summed E-state index contributed by atoms with van der Waals surface area (Å²) in [6, 6.07) is 3.30. The van der Waals surface area contributed by atoms with Gasteiger partial charge in [-0.25, -0.2) is 0 Å². The van der Waals surface area contributed by atoms with E-state index in [2.05, 4.69) is 31.9 Å². The lowest BCUT2D eigenvalue weighted by atomic mass is 10.1. The molecule has 13 heavy (non-hydrogen) atoms. The number of Topliss-reactive ketones (excluding diaryl/α,β-unsaturated/α-hetero) is 1. The third-order valence-electron chi connectivity index (χ3n) is 1.49. The second-order valence-corrected chi connectivity index (χ2v) is 4.29. The molecule has 0 heterocycles. The number of rotatable bonds is 2. The van der Waals surface area contributed by atoms with Gasteiger partial charge in [0.25, 0.3) is 0 Å². The molecule has 0 saturated carbocycles. The summed E-state index contributed by atoms with van der Waals surface area (Å²) < 4.78 is 0.765. The Labute approximate surface area is 97.7 Å². The molecule has 0 amide bonds. The predicted octanol–water partition coefficient (Wildman–Crippen LogP) is 3.26. The van der Waals surface area contributed by atoms with E-state index >= 15 is 0 Å². The molecule has 0 saturated heterocycles. The number of anilines is 1. The Balaban J connectivity index is 3.28. The van der Waals surface area contributed by atoms with Crippen molar-refractivity contribution >= 4 is 54.9 Å². The molecular weight excluding hydrogens is 321 g/mol. The number of hydrogen-bond acceptors (Lipinski definition) is 2. The monoisotopic (exact) mass is 325 g/mol. The SMILES string of the molecule is Nc1cc(Br)cc(Cl)c1C(=O)CBr. The van der Waals surface area contributed by atoms with E-state index in [0.29, 0.717) is 16.3 Å². The Morgan fingerprint density at radius 2 is 2.15 bits per heavy atom. The number of halogens is 3. The molecule has 70 valence electrons. The summed E-state index contributed by atoms with van der Waals surface area (Å²) >= 11 is 12.2. The van der Waals surface area contributed by atoms with Crippen molar-refractivity contribution in [2.45, 2.75) is 0 Å². The quantitative estimate of drug-likeness (QED) is 0.515. The minimum atomic E-state index is -0.116. The molecule has 0 radical (unpaired) electrons. The molecule has 2 nitrogen and oxygen atoms in total. The van der Waals surface area contributed by atoms with E-state index in [9.17, 15) is 4.79 Å². The largest absolute Gasteiger partial charge is 0.398 e. The zero-order valence-corrected chi connectivity index (χ0v) is 10.4. The molecule has 0 spiro atoms. The molecule has 0 unspecified atom stereocenters. The fourth-order valence-electron chi connectivity index (χ4n) is 0.954. The number of ketones is 1. The number of alkyl halides is 1. The topological polar surface area (TPSA) is 43.1 Å². The zero-order valence-electron chi connectivity index (χ0n) is 6.48. The Bertz CT molecular complexity index is 331. The zero-order chi connectivity index (χ0) is 10.0. The summed E-state index contributed by atoms with van der Waals surface area (Å²) in [5.74, 6) is -0.116. The summed E-state index contributed by atoms with van der Waals surface area (Å²) in [5.41, 5.74) is 6.41. The van der Waals surface area contributed by atoms with Crippen molar-refractivity contribution in [2.75, 3.05) is 11.1 Å². The first-order valence-electron chi connectivity index (χ1n) is 3.40. The lowest BCUT2D eigenvalue weighted by molar-refractivity contribution is 0.102. The predicted molar refractivity (Wildman–Crippen MR) is 61.7 cm³/mol. The summed E-state index contributed by atoms with van der Waals surface area (Å²) in [5, 5.41) is 0.592. The molecular formula is C8H6Br2ClNO. The second kappa shape index (κ2) is 4.44. The lowest BCUT2D eigenvalue weighted by Crippen LogP contribution is -2.05. The first-order valence-corrected chi connectivity index (χ1v) is 5.69. The maximum absolute atomic E-state index is 11.3. The minimum absolute atomic E-state index is 0.116. The van der Waals surface area contributed by atoms with Gasteiger partial charge in [0.05, 0.1) is 15.9 Å². The molecule has 5 heteroatoms. The summed E-state index contributed by atoms with van der Waals surface area (Å²) in [6.07, 6.45) is 0. The fourth-order valence-corrected chi connectivity index (χ4v) is 2.17. The van der Waals surface area contributed by atoms with Crippen molar-refractivity contribution in [1.29, 1.82) is 0 Å². The van der Waals surface area contributed by atoms with E-state index in [0.717, 1.165) is 4.47 Å². The van der Waals surface area contributed by atoms with Crippen molar-refractivity contribution in [3.8, 4) is 0 Å². The first kappa shape index (κ1) is 11.0. The van der Waals surface area contributed by atoms with Crippen LogP contribution in [-0.4, -0.2) is 11.1 Å². The maximum Gasteiger partial charge on any atom is 0.176 e. The fraction of sp³-hybridized carbons (Fsp3) is 0.125. The van der Waals surface area contributed by atoms with Gasteiger partial charge in [0.1, 0.15) is 0 Å². The molecule has 0 aliphatic rings. The van der Waals surface area contributed by atoms with Crippen molar-refractivity contribution in [3.05, 3.63) is 27.2 Å². The minimum Gasteiger partial charge on any atom is -0.398 e. The number of carbonyl (C=O) groups is 1. The van der Waals surface area contributed by atoms with E-state index < -0.39 is 0 Å². The molecule has 0 aliphatic heterocycles. The van der Waals surface area contributed by atoms with Crippen molar-refractivity contribution in [1.82, 2.24) is 0 Å². The molecule has 2 N–H and O–H groups in total. The highest BCUT2D eigenvalue weighted by Crippen LogP contribution is 2.28. The van der Waals surface area contributed by atoms with E-state index in [4.69, 9.17) is 17.3 Å². The number of nitrogens with two attached hydrogens (primary N) is 1. The maximum atomic E-state index is 11.3. The van der Waals surface area contributed by atoms with E-state index in [1.165, 1.54) is 0 Å². The van der Waals surface area contributed by atoms with Crippen LogP contribution in [0, 0.1) is 0 Å². The average molecular weight is 327 g/mol. The van der Waals surface area contributed by atoms with Gasteiger partial charge in [-0.15, -0.1) is 0 Å². The van der Waals surface area contributed by atoms with E-state index in [1.807, 2.05) is 0 Å². The van der Waals surface area contributed by atoms with Crippen LogP contribution in [0.4, 0.5) is 5.69 Å². The van der Waals surface area contributed by atoms with Crippen molar-refractivity contribution < 1.29 is 4.79 Å². The third-order valence-corrected chi connectivity index (χ3v) is 2.75. The van der Waals surface area contributed by atoms with Crippen LogP contribution in [0.25, 0.3) is 0 Å². The van der Waals surface area contributed by atoms with Crippen molar-refractivity contribution in [3.63, 3.8) is 0 Å². The Hall–Kier alpha value is -0.0600. The van der Waals surface area contributed by atoms with Gasteiger partial charge in [0.15, 0.2) is 5.78 Å².